The van der Waals surface area contributed by atoms with Gasteiger partial charge in [0.05, 0.1) is 12.6 Å². The predicted molar refractivity (Wildman–Crippen MR) is 104 cm³/mol. The van der Waals surface area contributed by atoms with Gasteiger partial charge in [-0.2, -0.15) is 0 Å². The second kappa shape index (κ2) is 7.71. The minimum Gasteiger partial charge on any atom is -0.440 e. The number of carbonyl (C=O) groups is 1. The summed E-state index contributed by atoms with van der Waals surface area (Å²) in [6.07, 6.45) is 3.40. The van der Waals surface area contributed by atoms with Crippen LogP contribution in [0.3, 0.4) is 0 Å². The molecule has 5 nitrogen and oxygen atoms in total. The van der Waals surface area contributed by atoms with Crippen LogP contribution in [-0.2, 0) is 6.42 Å². The highest BCUT2D eigenvalue weighted by Crippen LogP contribution is 2.24. The van der Waals surface area contributed by atoms with Gasteiger partial charge in [-0.15, -0.1) is 0 Å². The SMILES string of the molecule is O=C(c1ccc2nc(Cc3cccc(Cl)c3)oc2c1)N1CCCC[C@H]1CO. The van der Waals surface area contributed by atoms with Crippen LogP contribution in [0.15, 0.2) is 46.9 Å². The van der Waals surface area contributed by atoms with Crippen LogP contribution in [0.2, 0.25) is 5.02 Å². The fourth-order valence-corrected chi connectivity index (χ4v) is 3.84. The molecule has 1 aromatic heterocycles. The lowest BCUT2D eigenvalue weighted by Gasteiger charge is -2.34. The van der Waals surface area contributed by atoms with Gasteiger partial charge >= 0.3 is 0 Å². The van der Waals surface area contributed by atoms with E-state index in [1.54, 1.807) is 17.0 Å². The van der Waals surface area contributed by atoms with Crippen molar-refractivity contribution < 1.29 is 14.3 Å². The van der Waals surface area contributed by atoms with Crippen molar-refractivity contribution in [2.45, 2.75) is 31.7 Å². The van der Waals surface area contributed by atoms with Gasteiger partial charge in [-0.3, -0.25) is 4.79 Å². The first-order chi connectivity index (χ1) is 13.1. The highest BCUT2D eigenvalue weighted by molar-refractivity contribution is 6.30. The molecule has 3 aromatic rings. The molecule has 1 fully saturated rings. The highest BCUT2D eigenvalue weighted by Gasteiger charge is 2.27. The van der Waals surface area contributed by atoms with E-state index >= 15 is 0 Å². The number of nitrogens with zero attached hydrogens (tertiary/aromatic N) is 2. The summed E-state index contributed by atoms with van der Waals surface area (Å²) in [7, 11) is 0. The molecule has 1 saturated heterocycles. The minimum absolute atomic E-state index is 0.0000746. The summed E-state index contributed by atoms with van der Waals surface area (Å²) in [5.74, 6) is 0.520. The van der Waals surface area contributed by atoms with E-state index in [1.807, 2.05) is 30.3 Å². The van der Waals surface area contributed by atoms with Gasteiger partial charge in [-0.05, 0) is 55.2 Å². The molecule has 140 valence electrons. The third kappa shape index (κ3) is 3.84. The fraction of sp³-hybridized carbons (Fsp3) is 0.333. The Morgan fingerprint density at radius 3 is 2.96 bits per heavy atom. The smallest absolute Gasteiger partial charge is 0.254 e. The molecule has 0 bridgehead atoms. The number of benzene rings is 2. The average molecular weight is 385 g/mol. The molecule has 2 heterocycles. The number of aliphatic hydroxyl groups is 1. The van der Waals surface area contributed by atoms with Crippen LogP contribution in [0, 0.1) is 0 Å². The second-order valence-corrected chi connectivity index (χ2v) is 7.36. The van der Waals surface area contributed by atoms with E-state index < -0.39 is 0 Å². The largest absolute Gasteiger partial charge is 0.440 e. The van der Waals surface area contributed by atoms with Crippen molar-refractivity contribution in [1.82, 2.24) is 9.88 Å². The first-order valence-corrected chi connectivity index (χ1v) is 9.57. The Morgan fingerprint density at radius 1 is 1.26 bits per heavy atom. The third-order valence-corrected chi connectivity index (χ3v) is 5.26. The molecule has 6 heteroatoms. The number of carbonyl (C=O) groups excluding carboxylic acids is 1. The van der Waals surface area contributed by atoms with E-state index in [1.165, 1.54) is 0 Å². The van der Waals surface area contributed by atoms with Gasteiger partial charge in [0.15, 0.2) is 11.5 Å². The van der Waals surface area contributed by atoms with Crippen LogP contribution in [0.25, 0.3) is 11.1 Å². The van der Waals surface area contributed by atoms with Crippen LogP contribution in [0.4, 0.5) is 0 Å². The van der Waals surface area contributed by atoms with Crippen molar-refractivity contribution >= 4 is 28.6 Å². The number of hydrogen-bond acceptors (Lipinski definition) is 4. The van der Waals surface area contributed by atoms with E-state index in [4.69, 9.17) is 16.0 Å². The maximum Gasteiger partial charge on any atom is 0.254 e. The normalized spacial score (nSPS) is 17.4. The maximum absolute atomic E-state index is 12.9. The molecule has 27 heavy (non-hydrogen) atoms. The summed E-state index contributed by atoms with van der Waals surface area (Å²) >= 11 is 6.03. The number of hydrogen-bond donors (Lipinski definition) is 1. The minimum atomic E-state index is -0.102. The van der Waals surface area contributed by atoms with Crippen molar-refractivity contribution in [2.24, 2.45) is 0 Å². The molecule has 1 atom stereocenters. The molecule has 0 aliphatic carbocycles. The zero-order valence-electron chi connectivity index (χ0n) is 14.9. The summed E-state index contributed by atoms with van der Waals surface area (Å²) in [6.45, 7) is 0.679. The molecule has 1 aliphatic heterocycles. The van der Waals surface area contributed by atoms with E-state index in [0.717, 1.165) is 30.3 Å². The van der Waals surface area contributed by atoms with E-state index in [2.05, 4.69) is 4.98 Å². The molecule has 4 rings (SSSR count). The summed E-state index contributed by atoms with van der Waals surface area (Å²) in [5, 5.41) is 10.2. The molecule has 1 amide bonds. The Kier molecular flexibility index (Phi) is 5.14. The lowest BCUT2D eigenvalue weighted by Crippen LogP contribution is -2.45. The Labute approximate surface area is 162 Å². The lowest BCUT2D eigenvalue weighted by atomic mass is 10.0. The lowest BCUT2D eigenvalue weighted by molar-refractivity contribution is 0.0503. The number of rotatable bonds is 4. The van der Waals surface area contributed by atoms with Gasteiger partial charge in [0.25, 0.3) is 5.91 Å². The average Bonchev–Trinajstić information content (AvgIpc) is 3.08. The van der Waals surface area contributed by atoms with Gasteiger partial charge in [0.1, 0.15) is 5.52 Å². The van der Waals surface area contributed by atoms with Crippen molar-refractivity contribution in [3.8, 4) is 0 Å². The van der Waals surface area contributed by atoms with Crippen LogP contribution < -0.4 is 0 Å². The highest BCUT2D eigenvalue weighted by atomic mass is 35.5. The zero-order chi connectivity index (χ0) is 18.8. The molecule has 0 spiro atoms. The van der Waals surface area contributed by atoms with E-state index in [9.17, 15) is 9.90 Å². The summed E-state index contributed by atoms with van der Waals surface area (Å²) in [4.78, 5) is 19.2. The molecule has 2 aromatic carbocycles. The van der Waals surface area contributed by atoms with Crippen molar-refractivity contribution in [3.05, 3.63) is 64.5 Å². The van der Waals surface area contributed by atoms with Crippen LogP contribution >= 0.6 is 11.6 Å². The standard InChI is InChI=1S/C21H21ClN2O3/c22-16-5-3-4-14(10-16)11-20-23-18-8-7-15(12-19(18)27-20)21(26)24-9-2-1-6-17(24)13-25/h3-5,7-8,10,12,17,25H,1-2,6,9,11,13H2/t17-/m0/s1. The number of piperidine rings is 1. The number of halogens is 1. The van der Waals surface area contributed by atoms with E-state index in [0.29, 0.717) is 35.0 Å². The molecule has 0 radical (unpaired) electrons. The van der Waals surface area contributed by atoms with Crippen LogP contribution in [0.1, 0.15) is 41.1 Å². The molecular formula is C21H21ClN2O3. The molecule has 1 aliphatic rings. The summed E-state index contributed by atoms with van der Waals surface area (Å²) in [5.41, 5.74) is 2.90. The Hall–Kier alpha value is -2.37. The topological polar surface area (TPSA) is 66.6 Å². The van der Waals surface area contributed by atoms with Gasteiger partial charge in [0.2, 0.25) is 0 Å². The molecule has 0 saturated carbocycles. The van der Waals surface area contributed by atoms with Crippen molar-refractivity contribution in [1.29, 1.82) is 0 Å². The molecule has 1 N–H and O–H groups in total. The number of aliphatic hydroxyl groups excluding tert-OH is 1. The summed E-state index contributed by atoms with van der Waals surface area (Å²) in [6, 6.07) is 12.8. The molecular weight excluding hydrogens is 364 g/mol. The van der Waals surface area contributed by atoms with Crippen molar-refractivity contribution in [2.75, 3.05) is 13.2 Å². The number of oxazole rings is 1. The number of likely N-dealkylation sites (tertiary alicyclic amines) is 1. The maximum atomic E-state index is 12.9. The monoisotopic (exact) mass is 384 g/mol. The van der Waals surface area contributed by atoms with E-state index in [-0.39, 0.29) is 18.6 Å². The predicted octanol–water partition coefficient (Wildman–Crippen LogP) is 4.06. The number of aromatic nitrogens is 1. The molecule has 0 unspecified atom stereocenters. The third-order valence-electron chi connectivity index (χ3n) is 5.02. The Bertz CT molecular complexity index is 969. The fourth-order valence-electron chi connectivity index (χ4n) is 3.63. The van der Waals surface area contributed by atoms with Crippen molar-refractivity contribution in [3.63, 3.8) is 0 Å². The second-order valence-electron chi connectivity index (χ2n) is 6.93. The first kappa shape index (κ1) is 18.0. The first-order valence-electron chi connectivity index (χ1n) is 9.20. The Morgan fingerprint density at radius 2 is 2.15 bits per heavy atom. The van der Waals surface area contributed by atoms with Gasteiger partial charge < -0.3 is 14.4 Å². The quantitative estimate of drug-likeness (QED) is 0.736. The number of amides is 1. The van der Waals surface area contributed by atoms with Crippen LogP contribution in [-0.4, -0.2) is 40.1 Å². The Balaban J connectivity index is 1.58. The van der Waals surface area contributed by atoms with Crippen LogP contribution in [0.5, 0.6) is 0 Å². The summed E-state index contributed by atoms with van der Waals surface area (Å²) < 4.78 is 5.87. The zero-order valence-corrected chi connectivity index (χ0v) is 15.7. The van der Waals surface area contributed by atoms with Gasteiger partial charge in [0, 0.05) is 23.6 Å². The van der Waals surface area contributed by atoms with Gasteiger partial charge in [-0.1, -0.05) is 23.7 Å². The van der Waals surface area contributed by atoms with Gasteiger partial charge in [-0.25, -0.2) is 4.98 Å². The number of fused-ring (bicyclic) bond motifs is 1.